The number of aromatic nitrogens is 2. The fraction of sp³-hybridized carbons (Fsp3) is 0.333. The zero-order valence-electron chi connectivity index (χ0n) is 14.7. The Morgan fingerprint density at radius 2 is 1.92 bits per heavy atom. The number of piperazine rings is 1. The Morgan fingerprint density at radius 3 is 2.62 bits per heavy atom. The van der Waals surface area contributed by atoms with Crippen LogP contribution in [0.5, 0.6) is 0 Å². The second kappa shape index (κ2) is 7.70. The molecular weight excluding hydrogens is 354 g/mol. The predicted octanol–water partition coefficient (Wildman–Crippen LogP) is 2.28. The number of aryl methyl sites for hydroxylation is 1. The van der Waals surface area contributed by atoms with Crippen molar-refractivity contribution in [2.45, 2.75) is 13.8 Å². The highest BCUT2D eigenvalue weighted by Gasteiger charge is 2.19. The highest BCUT2D eigenvalue weighted by atomic mass is 35.5. The summed E-state index contributed by atoms with van der Waals surface area (Å²) in [5.41, 5.74) is 1.75. The molecule has 2 aromatic rings. The normalized spacial score (nSPS) is 14.3. The van der Waals surface area contributed by atoms with Crippen LogP contribution < -0.4 is 10.2 Å². The highest BCUT2D eigenvalue weighted by Crippen LogP contribution is 2.23. The summed E-state index contributed by atoms with van der Waals surface area (Å²) >= 11 is 6.11. The van der Waals surface area contributed by atoms with Crippen LogP contribution >= 0.6 is 11.6 Å². The summed E-state index contributed by atoms with van der Waals surface area (Å²) in [6.45, 7) is 6.21. The number of benzene rings is 1. The summed E-state index contributed by atoms with van der Waals surface area (Å²) in [5.74, 6) is 0.901. The van der Waals surface area contributed by atoms with E-state index in [9.17, 15) is 9.59 Å². The van der Waals surface area contributed by atoms with Gasteiger partial charge in [-0.3, -0.25) is 9.59 Å². The highest BCUT2D eigenvalue weighted by molar-refractivity contribution is 6.31. The molecule has 1 aromatic heterocycles. The molecular formula is C18H20ClN5O2. The molecule has 1 saturated heterocycles. The van der Waals surface area contributed by atoms with Gasteiger partial charge < -0.3 is 15.1 Å². The summed E-state index contributed by atoms with van der Waals surface area (Å²) in [7, 11) is 0. The van der Waals surface area contributed by atoms with E-state index in [1.165, 1.54) is 0 Å². The van der Waals surface area contributed by atoms with E-state index in [4.69, 9.17) is 11.6 Å². The zero-order valence-corrected chi connectivity index (χ0v) is 15.5. The molecule has 2 heterocycles. The molecule has 26 heavy (non-hydrogen) atoms. The van der Waals surface area contributed by atoms with Crippen molar-refractivity contribution >= 4 is 35.4 Å². The molecule has 0 aliphatic carbocycles. The summed E-state index contributed by atoms with van der Waals surface area (Å²) in [5, 5.41) is 3.45. The van der Waals surface area contributed by atoms with E-state index >= 15 is 0 Å². The Labute approximate surface area is 157 Å². The van der Waals surface area contributed by atoms with Gasteiger partial charge in [0, 0.05) is 43.0 Å². The number of anilines is 2. The molecule has 3 rings (SSSR count). The maximum Gasteiger partial charge on any atom is 0.274 e. The minimum absolute atomic E-state index is 0.296. The first-order chi connectivity index (χ1) is 12.5. The number of amides is 2. The van der Waals surface area contributed by atoms with Crippen LogP contribution in [0.1, 0.15) is 21.9 Å². The van der Waals surface area contributed by atoms with E-state index in [0.717, 1.165) is 12.0 Å². The predicted molar refractivity (Wildman–Crippen MR) is 101 cm³/mol. The van der Waals surface area contributed by atoms with Crippen molar-refractivity contribution in [3.8, 4) is 0 Å². The van der Waals surface area contributed by atoms with Crippen molar-refractivity contribution in [1.82, 2.24) is 14.9 Å². The summed E-state index contributed by atoms with van der Waals surface area (Å²) in [6, 6.07) is 7.04. The molecule has 0 atom stereocenters. The number of rotatable bonds is 4. The van der Waals surface area contributed by atoms with Gasteiger partial charge in [0.2, 0.25) is 6.41 Å². The zero-order chi connectivity index (χ0) is 18.7. The smallest absolute Gasteiger partial charge is 0.274 e. The Bertz CT molecular complexity index is 834. The van der Waals surface area contributed by atoms with Crippen LogP contribution in [0, 0.1) is 13.8 Å². The standard InChI is InChI=1S/C18H20ClN5O2/c1-12-14(19)4-3-5-15(12)22-18(26)16-10-17(21-13(2)20-16)24-8-6-23(11-25)7-9-24/h3-5,10-11H,6-9H2,1-2H3,(H,22,26). The number of hydrogen-bond donors (Lipinski definition) is 1. The Hall–Kier alpha value is -2.67. The van der Waals surface area contributed by atoms with Gasteiger partial charge >= 0.3 is 0 Å². The summed E-state index contributed by atoms with van der Waals surface area (Å²) < 4.78 is 0. The lowest BCUT2D eigenvalue weighted by molar-refractivity contribution is -0.118. The van der Waals surface area contributed by atoms with Gasteiger partial charge in [-0.2, -0.15) is 0 Å². The number of nitrogens with one attached hydrogen (secondary N) is 1. The van der Waals surface area contributed by atoms with Gasteiger partial charge in [-0.1, -0.05) is 17.7 Å². The number of carbonyl (C=O) groups is 2. The van der Waals surface area contributed by atoms with Crippen LogP contribution in [0.4, 0.5) is 11.5 Å². The molecule has 1 aliphatic rings. The second-order valence-corrected chi connectivity index (χ2v) is 6.56. The number of hydrogen-bond acceptors (Lipinski definition) is 5. The van der Waals surface area contributed by atoms with Crippen LogP contribution in [0.3, 0.4) is 0 Å². The molecule has 0 unspecified atom stereocenters. The lowest BCUT2D eigenvalue weighted by atomic mass is 10.2. The van der Waals surface area contributed by atoms with Gasteiger partial charge in [0.1, 0.15) is 17.3 Å². The molecule has 136 valence electrons. The maximum absolute atomic E-state index is 12.6. The number of nitrogens with zero attached hydrogens (tertiary/aromatic N) is 4. The Balaban J connectivity index is 1.80. The molecule has 7 nitrogen and oxygen atoms in total. The Morgan fingerprint density at radius 1 is 1.19 bits per heavy atom. The maximum atomic E-state index is 12.6. The minimum Gasteiger partial charge on any atom is -0.353 e. The molecule has 1 N–H and O–H groups in total. The van der Waals surface area contributed by atoms with E-state index in [1.54, 1.807) is 36.1 Å². The molecule has 8 heteroatoms. The Kier molecular flexibility index (Phi) is 5.37. The van der Waals surface area contributed by atoms with E-state index in [-0.39, 0.29) is 5.91 Å². The van der Waals surface area contributed by atoms with E-state index in [2.05, 4.69) is 20.2 Å². The third-order valence-electron chi connectivity index (χ3n) is 4.36. The number of halogens is 1. The van der Waals surface area contributed by atoms with Gasteiger partial charge in [0.05, 0.1) is 0 Å². The molecule has 0 bridgehead atoms. The third kappa shape index (κ3) is 3.94. The lowest BCUT2D eigenvalue weighted by Crippen LogP contribution is -2.46. The van der Waals surface area contributed by atoms with Crippen molar-refractivity contribution in [1.29, 1.82) is 0 Å². The third-order valence-corrected chi connectivity index (χ3v) is 4.77. The van der Waals surface area contributed by atoms with E-state index < -0.39 is 0 Å². The second-order valence-electron chi connectivity index (χ2n) is 6.15. The molecule has 0 spiro atoms. The molecule has 1 aliphatic heterocycles. The fourth-order valence-corrected chi connectivity index (χ4v) is 2.99. The van der Waals surface area contributed by atoms with Crippen LogP contribution in [0.25, 0.3) is 0 Å². The topological polar surface area (TPSA) is 78.4 Å². The van der Waals surface area contributed by atoms with Gasteiger partial charge in [-0.15, -0.1) is 0 Å². The first-order valence-corrected chi connectivity index (χ1v) is 8.72. The van der Waals surface area contributed by atoms with Gasteiger partial charge in [0.15, 0.2) is 0 Å². The van der Waals surface area contributed by atoms with Gasteiger partial charge in [-0.25, -0.2) is 9.97 Å². The quantitative estimate of drug-likeness (QED) is 0.832. The van der Waals surface area contributed by atoms with E-state index in [1.807, 2.05) is 6.92 Å². The molecule has 1 aromatic carbocycles. The number of carbonyl (C=O) groups excluding carboxylic acids is 2. The largest absolute Gasteiger partial charge is 0.353 e. The van der Waals surface area contributed by atoms with Gasteiger partial charge in [-0.05, 0) is 31.5 Å². The first kappa shape index (κ1) is 18.1. The average molecular weight is 374 g/mol. The molecule has 0 radical (unpaired) electrons. The summed E-state index contributed by atoms with van der Waals surface area (Å²) in [6.07, 6.45) is 0.856. The molecule has 2 amide bonds. The monoisotopic (exact) mass is 373 g/mol. The lowest BCUT2D eigenvalue weighted by Gasteiger charge is -2.33. The fourth-order valence-electron chi connectivity index (χ4n) is 2.82. The van der Waals surface area contributed by atoms with Crippen LogP contribution in [0.2, 0.25) is 5.02 Å². The molecule has 0 saturated carbocycles. The summed E-state index contributed by atoms with van der Waals surface area (Å²) in [4.78, 5) is 36.0. The SMILES string of the molecule is Cc1nc(C(=O)Nc2cccc(Cl)c2C)cc(N2CCN(C=O)CC2)n1. The van der Waals surface area contributed by atoms with Gasteiger partial charge in [0.25, 0.3) is 5.91 Å². The van der Waals surface area contributed by atoms with Crippen molar-refractivity contribution in [3.05, 3.63) is 46.4 Å². The molecule has 1 fully saturated rings. The van der Waals surface area contributed by atoms with Crippen molar-refractivity contribution < 1.29 is 9.59 Å². The van der Waals surface area contributed by atoms with Crippen LogP contribution in [0.15, 0.2) is 24.3 Å². The van der Waals surface area contributed by atoms with Crippen LogP contribution in [-0.4, -0.2) is 53.4 Å². The minimum atomic E-state index is -0.311. The van der Waals surface area contributed by atoms with Crippen molar-refractivity contribution in [2.75, 3.05) is 36.4 Å². The van der Waals surface area contributed by atoms with Crippen molar-refractivity contribution in [3.63, 3.8) is 0 Å². The van der Waals surface area contributed by atoms with Crippen LogP contribution in [-0.2, 0) is 4.79 Å². The average Bonchev–Trinajstić information content (AvgIpc) is 2.65. The van der Waals surface area contributed by atoms with E-state index in [0.29, 0.717) is 54.2 Å². The first-order valence-electron chi connectivity index (χ1n) is 8.34. The van der Waals surface area contributed by atoms with Crippen molar-refractivity contribution in [2.24, 2.45) is 0 Å².